The number of hydrogen-bond acceptors (Lipinski definition) is 18. The lowest BCUT2D eigenvalue weighted by Crippen LogP contribution is -2.25. The highest BCUT2D eigenvalue weighted by atomic mass is 35.5. The van der Waals surface area contributed by atoms with Gasteiger partial charge in [-0.3, -0.25) is 60.6 Å². The van der Waals surface area contributed by atoms with Gasteiger partial charge in [0.25, 0.3) is 17.7 Å². The number of benzene rings is 6. The summed E-state index contributed by atoms with van der Waals surface area (Å²) in [4.78, 5) is 61.6. The Labute approximate surface area is 549 Å². The summed E-state index contributed by atoms with van der Waals surface area (Å²) in [6.45, 7) is 0. The van der Waals surface area contributed by atoms with E-state index in [1.807, 2.05) is 0 Å². The van der Waals surface area contributed by atoms with Gasteiger partial charge < -0.3 is 28.4 Å². The SMILES string of the molecule is COc1ccc(C(=O)Nc2n[nH]c(-c3ccc(Oc4cccnc4)cc3)n2)cc1C(F)(F)F.O=C(Nc1n[nH]c(-c2ccc(Oc3cccnc3)cc2)n1)c1cc(C(F)(F)F)cc(Cl)c1F.O=C(Nc1n[nH]c(-c2ccc(Oc3cccnc3)cc2)n1)c1ccc2c(c1)OC(F)(F)O2. The molecule has 0 fully saturated rings. The lowest BCUT2D eigenvalue weighted by atomic mass is 10.1. The third kappa shape index (κ3) is 16.9. The second-order valence-corrected chi connectivity index (χ2v) is 20.3. The fourth-order valence-corrected chi connectivity index (χ4v) is 8.83. The maximum atomic E-state index is 14.2. The number of aromatic nitrogens is 12. The van der Waals surface area contributed by atoms with Crippen LogP contribution in [0, 0.1) is 5.82 Å². The van der Waals surface area contributed by atoms with Gasteiger partial charge in [-0.1, -0.05) is 11.6 Å². The van der Waals surface area contributed by atoms with Crippen LogP contribution in [0.3, 0.4) is 0 Å². The maximum absolute atomic E-state index is 14.2. The molecule has 0 saturated heterocycles. The van der Waals surface area contributed by atoms with Gasteiger partial charge >= 0.3 is 18.6 Å². The molecular weight excluding hydrogens is 1330 g/mol. The van der Waals surface area contributed by atoms with E-state index in [0.29, 0.717) is 81.0 Å². The van der Waals surface area contributed by atoms with Crippen molar-refractivity contribution in [2.75, 3.05) is 23.1 Å². The zero-order valence-corrected chi connectivity index (χ0v) is 50.2. The minimum absolute atomic E-state index is 0.0173. The highest BCUT2D eigenvalue weighted by Crippen LogP contribution is 2.42. The lowest BCUT2D eigenvalue weighted by molar-refractivity contribution is -0.286. The van der Waals surface area contributed by atoms with Crippen LogP contribution in [0.4, 0.5) is 57.4 Å². The third-order valence-electron chi connectivity index (χ3n) is 13.2. The number of methoxy groups -OCH3 is 1. The van der Waals surface area contributed by atoms with Crippen molar-refractivity contribution in [2.24, 2.45) is 0 Å². The Kier molecular flexibility index (Phi) is 19.5. The number of alkyl halides is 8. The van der Waals surface area contributed by atoms with Gasteiger partial charge in [0.1, 0.15) is 40.2 Å². The molecule has 34 heteroatoms. The first kappa shape index (κ1) is 66.5. The molecule has 0 aliphatic carbocycles. The van der Waals surface area contributed by atoms with Crippen molar-refractivity contribution in [3.05, 3.63) is 234 Å². The number of H-pyrrole nitrogens is 3. The molecule has 0 bridgehead atoms. The van der Waals surface area contributed by atoms with Crippen LogP contribution >= 0.6 is 11.6 Å². The molecule has 0 saturated carbocycles. The molecule has 1 aliphatic rings. The molecule has 24 nitrogen and oxygen atoms in total. The van der Waals surface area contributed by atoms with Gasteiger partial charge in [0.2, 0.25) is 17.8 Å². The summed E-state index contributed by atoms with van der Waals surface area (Å²) in [5.74, 6) is -0.471. The zero-order valence-electron chi connectivity index (χ0n) is 49.5. The summed E-state index contributed by atoms with van der Waals surface area (Å²) in [6, 6.07) is 38.7. The number of nitrogens with one attached hydrogen (secondary N) is 6. The van der Waals surface area contributed by atoms with E-state index in [-0.39, 0.29) is 52.0 Å². The third-order valence-corrected chi connectivity index (χ3v) is 13.4. The van der Waals surface area contributed by atoms with Gasteiger partial charge in [0, 0.05) is 46.4 Å². The molecule has 0 unspecified atom stereocenters. The van der Waals surface area contributed by atoms with Crippen molar-refractivity contribution < 1.29 is 82.3 Å². The Morgan fingerprint density at radius 2 is 0.898 bits per heavy atom. The summed E-state index contributed by atoms with van der Waals surface area (Å²) < 4.78 is 149. The van der Waals surface area contributed by atoms with Crippen LogP contribution in [-0.2, 0) is 12.4 Å². The number of carbonyl (C=O) groups is 3. The van der Waals surface area contributed by atoms with Crippen molar-refractivity contribution in [1.82, 2.24) is 60.5 Å². The van der Waals surface area contributed by atoms with Crippen LogP contribution in [0.5, 0.6) is 51.7 Å². The quantitative estimate of drug-likeness (QED) is 0.0490. The Hall–Kier alpha value is -12.9. The second-order valence-electron chi connectivity index (χ2n) is 19.9. The number of fused-ring (bicyclic) bond motifs is 1. The van der Waals surface area contributed by atoms with Gasteiger partial charge in [-0.2, -0.15) is 41.3 Å². The molecule has 0 atom stereocenters. The van der Waals surface area contributed by atoms with E-state index in [1.54, 1.807) is 146 Å². The zero-order chi connectivity index (χ0) is 69.1. The molecule has 6 N–H and O–H groups in total. The van der Waals surface area contributed by atoms with E-state index < -0.39 is 63.9 Å². The maximum Gasteiger partial charge on any atom is 0.586 e. The highest BCUT2D eigenvalue weighted by molar-refractivity contribution is 6.31. The van der Waals surface area contributed by atoms with E-state index in [2.05, 4.69) is 85.9 Å². The normalized spacial score (nSPS) is 12.0. The van der Waals surface area contributed by atoms with Crippen LogP contribution in [0.1, 0.15) is 42.2 Å². The number of carbonyl (C=O) groups excluding carboxylic acids is 3. The Morgan fingerprint density at radius 3 is 1.30 bits per heavy atom. The first-order chi connectivity index (χ1) is 47.0. The summed E-state index contributed by atoms with van der Waals surface area (Å²) in [5, 5.41) is 25.8. The highest BCUT2D eigenvalue weighted by Gasteiger charge is 2.44. The smallest absolute Gasteiger partial charge is 0.496 e. The largest absolute Gasteiger partial charge is 0.586 e. The van der Waals surface area contributed by atoms with Crippen LogP contribution in [-0.4, -0.2) is 91.6 Å². The minimum atomic E-state index is -4.81. The van der Waals surface area contributed by atoms with E-state index in [4.69, 9.17) is 30.5 Å². The summed E-state index contributed by atoms with van der Waals surface area (Å²) in [5.41, 5.74) is -1.40. The van der Waals surface area contributed by atoms with Crippen molar-refractivity contribution in [1.29, 1.82) is 0 Å². The number of hydrogen-bond donors (Lipinski definition) is 6. The molecule has 1 aliphatic heterocycles. The Balaban J connectivity index is 0.000000149. The fourth-order valence-electron chi connectivity index (χ4n) is 8.61. The van der Waals surface area contributed by atoms with Crippen molar-refractivity contribution in [2.45, 2.75) is 18.6 Å². The second kappa shape index (κ2) is 28.7. The van der Waals surface area contributed by atoms with E-state index >= 15 is 0 Å². The summed E-state index contributed by atoms with van der Waals surface area (Å²) >= 11 is 5.51. The summed E-state index contributed by atoms with van der Waals surface area (Å²) in [7, 11) is 1.12. The van der Waals surface area contributed by atoms with Crippen LogP contribution < -0.4 is 44.4 Å². The first-order valence-corrected chi connectivity index (χ1v) is 28.3. The van der Waals surface area contributed by atoms with Gasteiger partial charge in [0.05, 0.1) is 47.4 Å². The van der Waals surface area contributed by atoms with Crippen LogP contribution in [0.25, 0.3) is 34.2 Å². The van der Waals surface area contributed by atoms with Crippen molar-refractivity contribution in [3.63, 3.8) is 0 Å². The molecule has 7 heterocycles. The number of halogens is 10. The summed E-state index contributed by atoms with van der Waals surface area (Å²) in [6.07, 6.45) is -3.59. The van der Waals surface area contributed by atoms with Crippen molar-refractivity contribution >= 4 is 47.2 Å². The van der Waals surface area contributed by atoms with Gasteiger partial charge in [-0.15, -0.1) is 24.1 Å². The monoisotopic (exact) mass is 1370 g/mol. The van der Waals surface area contributed by atoms with Gasteiger partial charge in [0.15, 0.2) is 34.8 Å². The van der Waals surface area contributed by atoms with Gasteiger partial charge in [-0.25, -0.2) is 4.39 Å². The van der Waals surface area contributed by atoms with E-state index in [9.17, 15) is 53.9 Å². The number of aromatic amines is 3. The standard InChI is InChI=1S/C22H16F3N5O3.C21H12ClF4N5O2.C21H13F2N5O4/c1-32-18-9-6-14(11-17(18)22(23,24)25)20(31)28-21-27-19(29-30-21)13-4-7-15(8-5-13)33-16-3-2-10-26-12-16;22-16-9-12(21(24,25)26)8-15(17(16)23)19(32)29-20-28-18(30-31-20)11-3-5-13(6-4-11)33-14-2-1-7-27-10-14;22-21(23)31-16-8-5-13(10-17(16)32-21)19(29)26-20-25-18(27-28-20)12-3-6-14(7-4-12)30-15-2-1-9-24-11-15/h2-12H,1H3,(H2,27,28,29,30,31);1-10H,(H2,28,29,30,31,32);1-11H,(H2,25,26,27,28,29). The van der Waals surface area contributed by atoms with Gasteiger partial charge in [-0.05, 0) is 158 Å². The molecule has 6 aromatic carbocycles. The molecule has 12 aromatic rings. The Morgan fingerprint density at radius 1 is 0.490 bits per heavy atom. The van der Waals surface area contributed by atoms with Crippen LogP contribution in [0.2, 0.25) is 5.02 Å². The van der Waals surface area contributed by atoms with Crippen molar-refractivity contribution in [3.8, 4) is 85.9 Å². The molecule has 98 heavy (non-hydrogen) atoms. The molecular formula is C64H41ClF9N15O9. The number of nitrogens with zero attached hydrogens (tertiary/aromatic N) is 9. The minimum Gasteiger partial charge on any atom is -0.496 e. The molecule has 13 rings (SSSR count). The average Bonchev–Trinajstić information content (AvgIpc) is 1.23. The average molecular weight is 1370 g/mol. The van der Waals surface area contributed by atoms with E-state index in [1.165, 1.54) is 18.2 Å². The lowest BCUT2D eigenvalue weighted by Gasteiger charge is -2.13. The molecule has 6 aromatic heterocycles. The number of ether oxygens (including phenoxy) is 6. The number of pyridine rings is 3. The Bertz CT molecular complexity index is 4790. The first-order valence-electron chi connectivity index (χ1n) is 28.0. The predicted octanol–water partition coefficient (Wildman–Crippen LogP) is 14.9. The fraction of sp³-hybridized carbons (Fsp3) is 0.0625. The number of anilines is 3. The van der Waals surface area contributed by atoms with Crippen LogP contribution in [0.15, 0.2) is 195 Å². The number of rotatable bonds is 16. The molecule has 496 valence electrons. The van der Waals surface area contributed by atoms with E-state index in [0.717, 1.165) is 19.2 Å². The molecule has 0 radical (unpaired) electrons. The number of amides is 3. The predicted molar refractivity (Wildman–Crippen MR) is 329 cm³/mol. The molecule has 3 amide bonds. The molecule has 0 spiro atoms. The topological polar surface area (TPSA) is 306 Å².